The summed E-state index contributed by atoms with van der Waals surface area (Å²) in [6.45, 7) is 14.9. The molecule has 0 aromatic rings. The minimum Gasteiger partial charge on any atom is -0.480 e. The molecule has 0 fully saturated rings. The molecular formula is C43H81N3O12. The van der Waals surface area contributed by atoms with Gasteiger partial charge in [-0.25, -0.2) is 9.59 Å². The highest BCUT2D eigenvalue weighted by molar-refractivity contribution is 5.85. The Labute approximate surface area is 349 Å². The first-order chi connectivity index (χ1) is 27.6. The molecule has 1 atom stereocenters. The summed E-state index contributed by atoms with van der Waals surface area (Å²) in [5.41, 5.74) is -1.12. The van der Waals surface area contributed by atoms with Crippen LogP contribution in [0.3, 0.4) is 0 Å². The lowest BCUT2D eigenvalue weighted by atomic mass is 10.0. The maximum atomic E-state index is 12.9. The number of hydrogen-bond acceptors (Lipinski definition) is 12. The zero-order valence-corrected chi connectivity index (χ0v) is 37.0. The van der Waals surface area contributed by atoms with Gasteiger partial charge in [-0.15, -0.1) is 0 Å². The number of carbonyl (C=O) groups is 5. The smallest absolute Gasteiger partial charge is 0.329 e. The summed E-state index contributed by atoms with van der Waals surface area (Å²) in [6, 6.07) is -0.901. The first-order valence-corrected chi connectivity index (χ1v) is 21.8. The van der Waals surface area contributed by atoms with Crippen LogP contribution < -0.4 is 16.0 Å². The Kier molecular flexibility index (Phi) is 34.3. The van der Waals surface area contributed by atoms with E-state index in [0.717, 1.165) is 38.5 Å². The average Bonchev–Trinajstić information content (AvgIpc) is 3.12. The van der Waals surface area contributed by atoms with Gasteiger partial charge in [-0.1, -0.05) is 77.0 Å². The Morgan fingerprint density at radius 1 is 0.500 bits per heavy atom. The van der Waals surface area contributed by atoms with E-state index in [0.29, 0.717) is 72.1 Å². The lowest BCUT2D eigenvalue weighted by Crippen LogP contribution is -2.44. The summed E-state index contributed by atoms with van der Waals surface area (Å²) >= 11 is 0. The van der Waals surface area contributed by atoms with Gasteiger partial charge in [0.05, 0.1) is 46.2 Å². The molecule has 0 bridgehead atoms. The molecule has 0 aromatic heterocycles. The zero-order valence-electron chi connectivity index (χ0n) is 37.0. The van der Waals surface area contributed by atoms with Gasteiger partial charge in [-0.3, -0.25) is 14.4 Å². The second kappa shape index (κ2) is 36.0. The van der Waals surface area contributed by atoms with Crippen molar-refractivity contribution in [2.45, 2.75) is 174 Å². The van der Waals surface area contributed by atoms with Crippen molar-refractivity contribution in [3.05, 3.63) is 0 Å². The van der Waals surface area contributed by atoms with Crippen LogP contribution in [0.25, 0.3) is 0 Å². The van der Waals surface area contributed by atoms with Crippen LogP contribution in [0.15, 0.2) is 0 Å². The molecule has 0 saturated heterocycles. The third-order valence-electron chi connectivity index (χ3n) is 8.53. The van der Waals surface area contributed by atoms with E-state index in [9.17, 15) is 24.0 Å². The van der Waals surface area contributed by atoms with E-state index >= 15 is 0 Å². The fraction of sp³-hybridized carbons (Fsp3) is 0.884. The molecule has 0 radical (unpaired) electrons. The molecule has 0 aromatic carbocycles. The van der Waals surface area contributed by atoms with E-state index < -0.39 is 29.2 Å². The van der Waals surface area contributed by atoms with Crippen LogP contribution >= 0.6 is 0 Å². The van der Waals surface area contributed by atoms with E-state index in [1.807, 2.05) is 20.8 Å². The van der Waals surface area contributed by atoms with Crippen LogP contribution in [0, 0.1) is 0 Å². The number of amides is 2. The molecular weight excluding hydrogens is 750 g/mol. The molecule has 0 saturated carbocycles. The number of hydrogen-bond donors (Lipinski definition) is 4. The van der Waals surface area contributed by atoms with E-state index in [1.54, 1.807) is 20.8 Å². The van der Waals surface area contributed by atoms with E-state index in [4.69, 9.17) is 33.5 Å². The number of carboxylic acid groups (broad SMARTS) is 1. The summed E-state index contributed by atoms with van der Waals surface area (Å²) in [5.74, 6) is -2.10. The van der Waals surface area contributed by atoms with Crippen LogP contribution in [-0.2, 0) is 52.4 Å². The van der Waals surface area contributed by atoms with Gasteiger partial charge in [0.15, 0.2) is 0 Å². The molecule has 0 heterocycles. The Morgan fingerprint density at radius 3 is 1.40 bits per heavy atom. The van der Waals surface area contributed by atoms with Gasteiger partial charge in [-0.2, -0.15) is 0 Å². The number of rotatable bonds is 39. The third-order valence-corrected chi connectivity index (χ3v) is 8.53. The molecule has 2 amide bonds. The van der Waals surface area contributed by atoms with Crippen molar-refractivity contribution in [3.63, 3.8) is 0 Å². The van der Waals surface area contributed by atoms with Gasteiger partial charge < -0.3 is 49.5 Å². The maximum absolute atomic E-state index is 12.9. The molecule has 0 aliphatic heterocycles. The van der Waals surface area contributed by atoms with Crippen LogP contribution in [0.5, 0.6) is 0 Å². The van der Waals surface area contributed by atoms with Crippen LogP contribution in [-0.4, -0.2) is 125 Å². The number of carbonyl (C=O) groups excluding carboxylic acids is 4. The molecule has 0 aliphatic rings. The van der Waals surface area contributed by atoms with Crippen molar-refractivity contribution >= 4 is 29.7 Å². The summed E-state index contributed by atoms with van der Waals surface area (Å²) in [7, 11) is 0. The van der Waals surface area contributed by atoms with Gasteiger partial charge in [0, 0.05) is 38.9 Å². The molecule has 15 nitrogen and oxygen atoms in total. The number of nitrogens with one attached hydrogen (secondary N) is 3. The minimum atomic E-state index is -1.00. The predicted octanol–water partition coefficient (Wildman–Crippen LogP) is 6.03. The van der Waals surface area contributed by atoms with E-state index in [-0.39, 0.29) is 43.8 Å². The van der Waals surface area contributed by atoms with Gasteiger partial charge in [0.2, 0.25) is 11.8 Å². The fourth-order valence-electron chi connectivity index (χ4n) is 5.70. The standard InChI is InChI=1S/C43H81N3O12/c1-42(2,3)57-40(51)22-20-18-16-14-12-10-8-7-9-11-13-15-17-19-21-38(48)46-36(41(52)58-43(4,5)6)23-24-37(47)45-27-30-55-32-31-53-28-25-44-26-29-54-33-34-56-35-39(49)50/h36,44H,7-35H2,1-6H3,(H,45,47)(H,46,48)(H,49,50)/t36-/m0/s1. The topological polar surface area (TPSA) is 197 Å². The van der Waals surface area contributed by atoms with Crippen LogP contribution in [0.1, 0.15) is 157 Å². The molecule has 0 spiro atoms. The normalized spacial score (nSPS) is 12.2. The Morgan fingerprint density at radius 2 is 0.931 bits per heavy atom. The van der Waals surface area contributed by atoms with Gasteiger partial charge in [0.25, 0.3) is 0 Å². The number of carboxylic acids is 1. The lowest BCUT2D eigenvalue weighted by Gasteiger charge is -2.24. The molecule has 340 valence electrons. The van der Waals surface area contributed by atoms with Crippen molar-refractivity contribution in [2.75, 3.05) is 72.5 Å². The number of unbranched alkanes of at least 4 members (excludes halogenated alkanes) is 13. The third kappa shape index (κ3) is 41.3. The first kappa shape index (κ1) is 55.2. The molecule has 58 heavy (non-hydrogen) atoms. The maximum Gasteiger partial charge on any atom is 0.329 e. The first-order valence-electron chi connectivity index (χ1n) is 21.8. The largest absolute Gasteiger partial charge is 0.480 e. The number of ether oxygens (including phenoxy) is 6. The zero-order chi connectivity index (χ0) is 43.3. The van der Waals surface area contributed by atoms with Crippen LogP contribution in [0.2, 0.25) is 0 Å². The highest BCUT2D eigenvalue weighted by atomic mass is 16.6. The summed E-state index contributed by atoms with van der Waals surface area (Å²) < 4.78 is 32.1. The monoisotopic (exact) mass is 832 g/mol. The van der Waals surface area contributed by atoms with Crippen molar-refractivity contribution in [1.82, 2.24) is 16.0 Å². The van der Waals surface area contributed by atoms with E-state index in [1.165, 1.54) is 51.4 Å². The number of aliphatic carboxylic acids is 1. The predicted molar refractivity (Wildman–Crippen MR) is 224 cm³/mol. The summed E-state index contributed by atoms with van der Waals surface area (Å²) in [4.78, 5) is 60.2. The number of esters is 2. The van der Waals surface area contributed by atoms with Gasteiger partial charge in [-0.05, 0) is 60.8 Å². The summed E-state index contributed by atoms with van der Waals surface area (Å²) in [5, 5.41) is 17.2. The van der Waals surface area contributed by atoms with Gasteiger partial charge in [0.1, 0.15) is 23.9 Å². The average molecular weight is 832 g/mol. The molecule has 4 N–H and O–H groups in total. The second-order valence-corrected chi connectivity index (χ2v) is 16.6. The SMILES string of the molecule is CC(C)(C)OC(=O)CCCCCCCCCCCCCCCCC(=O)N[C@@H](CCC(=O)NCCOCCOCCNCCOCCOCC(=O)O)C(=O)OC(C)(C)C. The minimum absolute atomic E-state index is 0.0568. The lowest BCUT2D eigenvalue weighted by molar-refractivity contribution is -0.159. The van der Waals surface area contributed by atoms with Crippen LogP contribution in [0.4, 0.5) is 0 Å². The summed E-state index contributed by atoms with van der Waals surface area (Å²) in [6.07, 6.45) is 16.8. The Hall–Kier alpha value is -2.85. The van der Waals surface area contributed by atoms with Crippen molar-refractivity contribution < 1.29 is 57.5 Å². The fourth-order valence-corrected chi connectivity index (χ4v) is 5.70. The molecule has 15 heteroatoms. The van der Waals surface area contributed by atoms with Crippen molar-refractivity contribution in [1.29, 1.82) is 0 Å². The van der Waals surface area contributed by atoms with E-state index in [2.05, 4.69) is 16.0 Å². The molecule has 0 aliphatic carbocycles. The highest BCUT2D eigenvalue weighted by Gasteiger charge is 2.27. The second-order valence-electron chi connectivity index (χ2n) is 16.6. The quantitative estimate of drug-likeness (QED) is 0.0414. The Balaban J connectivity index is 3.94. The molecule has 0 rings (SSSR count). The van der Waals surface area contributed by atoms with Crippen molar-refractivity contribution in [2.24, 2.45) is 0 Å². The molecule has 0 unspecified atom stereocenters. The highest BCUT2D eigenvalue weighted by Crippen LogP contribution is 2.16. The Bertz CT molecular complexity index is 1080. The van der Waals surface area contributed by atoms with Gasteiger partial charge >= 0.3 is 17.9 Å². The van der Waals surface area contributed by atoms with Crippen molar-refractivity contribution in [3.8, 4) is 0 Å².